The molecule has 0 fully saturated rings. The van der Waals surface area contributed by atoms with Gasteiger partial charge in [-0.2, -0.15) is 0 Å². The van der Waals surface area contributed by atoms with E-state index in [1.54, 1.807) is 25.4 Å². The highest BCUT2D eigenvalue weighted by molar-refractivity contribution is 5.90. The minimum Gasteiger partial charge on any atom is -0.462 e. The molecular formula is C16H15N3O2. The molecular weight excluding hydrogens is 266 g/mol. The van der Waals surface area contributed by atoms with Gasteiger partial charge in [-0.25, -0.2) is 9.78 Å². The minimum absolute atomic E-state index is 0.317. The maximum absolute atomic E-state index is 11.9. The van der Waals surface area contributed by atoms with E-state index < -0.39 is 0 Å². The zero-order valence-corrected chi connectivity index (χ0v) is 11.9. The van der Waals surface area contributed by atoms with E-state index in [1.807, 2.05) is 35.8 Å². The Kier molecular flexibility index (Phi) is 3.39. The number of ether oxygens (including phenoxy) is 1. The van der Waals surface area contributed by atoms with E-state index in [9.17, 15) is 4.79 Å². The van der Waals surface area contributed by atoms with Gasteiger partial charge in [0.25, 0.3) is 0 Å². The fraction of sp³-hybridized carbons (Fsp3) is 0.188. The second-order valence-electron chi connectivity index (χ2n) is 4.63. The lowest BCUT2D eigenvalue weighted by Gasteiger charge is -2.08. The molecule has 0 amide bonds. The van der Waals surface area contributed by atoms with Crippen molar-refractivity contribution in [3.63, 3.8) is 0 Å². The van der Waals surface area contributed by atoms with E-state index in [0.29, 0.717) is 12.2 Å². The first-order chi connectivity index (χ1) is 10.2. The van der Waals surface area contributed by atoms with Gasteiger partial charge in [-0.1, -0.05) is 6.07 Å². The zero-order valence-electron chi connectivity index (χ0n) is 11.9. The van der Waals surface area contributed by atoms with Gasteiger partial charge >= 0.3 is 5.97 Å². The predicted molar refractivity (Wildman–Crippen MR) is 79.6 cm³/mol. The van der Waals surface area contributed by atoms with Crippen LogP contribution in [0.2, 0.25) is 0 Å². The molecule has 0 unspecified atom stereocenters. The minimum atomic E-state index is -0.317. The summed E-state index contributed by atoms with van der Waals surface area (Å²) in [4.78, 5) is 20.4. The molecule has 106 valence electrons. The topological polar surface area (TPSA) is 57.0 Å². The van der Waals surface area contributed by atoms with Gasteiger partial charge < -0.3 is 4.74 Å². The normalized spacial score (nSPS) is 10.8. The summed E-state index contributed by atoms with van der Waals surface area (Å²) in [6, 6.07) is 9.25. The summed E-state index contributed by atoms with van der Waals surface area (Å²) in [5.41, 5.74) is 3.21. The number of imidazole rings is 1. The lowest BCUT2D eigenvalue weighted by Crippen LogP contribution is -2.06. The molecule has 0 atom stereocenters. The lowest BCUT2D eigenvalue weighted by atomic mass is 10.2. The van der Waals surface area contributed by atoms with Crippen LogP contribution in [0, 0.1) is 6.92 Å². The third-order valence-electron chi connectivity index (χ3n) is 3.24. The molecule has 2 heterocycles. The monoisotopic (exact) mass is 281 g/mol. The zero-order chi connectivity index (χ0) is 14.8. The predicted octanol–water partition coefficient (Wildman–Crippen LogP) is 2.91. The highest BCUT2D eigenvalue weighted by Gasteiger charge is 2.12. The summed E-state index contributed by atoms with van der Waals surface area (Å²) < 4.78 is 7.04. The van der Waals surface area contributed by atoms with E-state index >= 15 is 0 Å². The molecule has 21 heavy (non-hydrogen) atoms. The molecule has 3 aromatic rings. The maximum atomic E-state index is 11.9. The molecule has 0 radical (unpaired) electrons. The first kappa shape index (κ1) is 13.3. The Labute approximate surface area is 122 Å². The van der Waals surface area contributed by atoms with Crippen LogP contribution in [0.5, 0.6) is 0 Å². The summed E-state index contributed by atoms with van der Waals surface area (Å²) in [5, 5.41) is 0. The number of carbonyl (C=O) groups excluding carboxylic acids is 1. The van der Waals surface area contributed by atoms with Crippen LogP contribution in [0.1, 0.15) is 23.1 Å². The Morgan fingerprint density at radius 1 is 1.33 bits per heavy atom. The molecule has 0 spiro atoms. The van der Waals surface area contributed by atoms with Crippen LogP contribution in [-0.4, -0.2) is 27.1 Å². The van der Waals surface area contributed by atoms with Gasteiger partial charge in [-0.3, -0.25) is 9.55 Å². The smallest absolute Gasteiger partial charge is 0.338 e. The number of benzene rings is 1. The van der Waals surface area contributed by atoms with E-state index in [2.05, 4.69) is 9.97 Å². The summed E-state index contributed by atoms with van der Waals surface area (Å²) in [5.74, 6) is 0.530. The van der Waals surface area contributed by atoms with E-state index in [4.69, 9.17) is 4.74 Å². The van der Waals surface area contributed by atoms with Gasteiger partial charge in [0.2, 0.25) is 0 Å². The van der Waals surface area contributed by atoms with Crippen LogP contribution in [0.3, 0.4) is 0 Å². The number of aromatic nitrogens is 3. The number of carbonyl (C=O) groups is 1. The fourth-order valence-electron chi connectivity index (χ4n) is 2.36. The number of hydrogen-bond acceptors (Lipinski definition) is 4. The number of rotatable bonds is 3. The Bertz CT molecular complexity index is 808. The standard InChI is InChI=1S/C16H15N3O2/c1-3-21-16(20)12-5-4-6-13(9-12)19-11(2)18-14-10-17-8-7-15(14)19/h4-10H,3H2,1-2H3. The Hall–Kier alpha value is -2.69. The average Bonchev–Trinajstić information content (AvgIpc) is 2.83. The number of fused-ring (bicyclic) bond motifs is 1. The number of hydrogen-bond donors (Lipinski definition) is 0. The van der Waals surface area contributed by atoms with Crippen molar-refractivity contribution in [3.8, 4) is 5.69 Å². The fourth-order valence-corrected chi connectivity index (χ4v) is 2.36. The van der Waals surface area contributed by atoms with Crippen molar-refractivity contribution < 1.29 is 9.53 Å². The van der Waals surface area contributed by atoms with E-state index in [0.717, 1.165) is 22.5 Å². The van der Waals surface area contributed by atoms with E-state index in [1.165, 1.54) is 0 Å². The first-order valence-corrected chi connectivity index (χ1v) is 6.77. The highest BCUT2D eigenvalue weighted by atomic mass is 16.5. The summed E-state index contributed by atoms with van der Waals surface area (Å²) >= 11 is 0. The van der Waals surface area contributed by atoms with Crippen LogP contribution in [0.15, 0.2) is 42.7 Å². The second kappa shape index (κ2) is 5.36. The van der Waals surface area contributed by atoms with Gasteiger partial charge in [0.05, 0.1) is 23.9 Å². The van der Waals surface area contributed by atoms with Crippen LogP contribution < -0.4 is 0 Å². The molecule has 0 aliphatic heterocycles. The molecule has 5 nitrogen and oxygen atoms in total. The molecule has 5 heteroatoms. The number of aryl methyl sites for hydroxylation is 1. The van der Waals surface area contributed by atoms with Crippen LogP contribution in [0.4, 0.5) is 0 Å². The third kappa shape index (κ3) is 2.38. The quantitative estimate of drug-likeness (QED) is 0.693. The molecule has 0 aliphatic carbocycles. The van der Waals surface area contributed by atoms with Crippen molar-refractivity contribution in [3.05, 3.63) is 54.1 Å². The van der Waals surface area contributed by atoms with Gasteiger partial charge in [0, 0.05) is 11.9 Å². The number of nitrogens with zero attached hydrogens (tertiary/aromatic N) is 3. The average molecular weight is 281 g/mol. The van der Waals surface area contributed by atoms with Gasteiger partial charge in [-0.15, -0.1) is 0 Å². The van der Waals surface area contributed by atoms with Crippen LogP contribution >= 0.6 is 0 Å². The lowest BCUT2D eigenvalue weighted by molar-refractivity contribution is 0.0526. The Morgan fingerprint density at radius 2 is 2.19 bits per heavy atom. The molecule has 0 saturated heterocycles. The summed E-state index contributed by atoms with van der Waals surface area (Å²) in [7, 11) is 0. The second-order valence-corrected chi connectivity index (χ2v) is 4.63. The van der Waals surface area contributed by atoms with Gasteiger partial charge in [0.1, 0.15) is 11.3 Å². The molecule has 0 saturated carbocycles. The Balaban J connectivity index is 2.13. The molecule has 0 N–H and O–H groups in total. The maximum Gasteiger partial charge on any atom is 0.338 e. The molecule has 2 aromatic heterocycles. The molecule has 0 aliphatic rings. The molecule has 3 rings (SSSR count). The molecule has 0 bridgehead atoms. The summed E-state index contributed by atoms with van der Waals surface area (Å²) in [6.07, 6.45) is 3.46. The largest absolute Gasteiger partial charge is 0.462 e. The van der Waals surface area contributed by atoms with Crippen LogP contribution in [-0.2, 0) is 4.74 Å². The van der Waals surface area contributed by atoms with E-state index in [-0.39, 0.29) is 5.97 Å². The van der Waals surface area contributed by atoms with Crippen molar-refractivity contribution in [2.45, 2.75) is 13.8 Å². The highest BCUT2D eigenvalue weighted by Crippen LogP contribution is 2.21. The number of esters is 1. The van der Waals surface area contributed by atoms with Crippen molar-refractivity contribution >= 4 is 17.0 Å². The molecule has 1 aromatic carbocycles. The third-order valence-corrected chi connectivity index (χ3v) is 3.24. The number of pyridine rings is 1. The first-order valence-electron chi connectivity index (χ1n) is 6.77. The van der Waals surface area contributed by atoms with Crippen molar-refractivity contribution in [1.29, 1.82) is 0 Å². The van der Waals surface area contributed by atoms with Crippen molar-refractivity contribution in [2.24, 2.45) is 0 Å². The Morgan fingerprint density at radius 3 is 3.00 bits per heavy atom. The van der Waals surface area contributed by atoms with Crippen molar-refractivity contribution in [1.82, 2.24) is 14.5 Å². The SMILES string of the molecule is CCOC(=O)c1cccc(-n2c(C)nc3cnccc32)c1. The van der Waals surface area contributed by atoms with Crippen LogP contribution in [0.25, 0.3) is 16.7 Å². The van der Waals surface area contributed by atoms with Crippen molar-refractivity contribution in [2.75, 3.05) is 6.61 Å². The van der Waals surface area contributed by atoms with Gasteiger partial charge in [0.15, 0.2) is 0 Å². The summed E-state index contributed by atoms with van der Waals surface area (Å²) in [6.45, 7) is 4.08. The van der Waals surface area contributed by atoms with Gasteiger partial charge in [-0.05, 0) is 38.1 Å².